The van der Waals surface area contributed by atoms with Crippen LogP contribution < -0.4 is 0 Å². The molecule has 0 saturated carbocycles. The predicted molar refractivity (Wildman–Crippen MR) is 81.7 cm³/mol. The van der Waals surface area contributed by atoms with Gasteiger partial charge in [-0.3, -0.25) is 0 Å². The van der Waals surface area contributed by atoms with Gasteiger partial charge in [0.25, 0.3) is 0 Å². The van der Waals surface area contributed by atoms with Crippen LogP contribution in [0.1, 0.15) is 27.2 Å². The van der Waals surface area contributed by atoms with Crippen LogP contribution in [0.3, 0.4) is 0 Å². The minimum Gasteiger partial charge on any atom is -0.0991 e. The van der Waals surface area contributed by atoms with Gasteiger partial charge in [0.05, 0.1) is 0 Å². The smallest absolute Gasteiger partial charge is 0.0371 e. The summed E-state index contributed by atoms with van der Waals surface area (Å²) >= 11 is 0. The van der Waals surface area contributed by atoms with Crippen molar-refractivity contribution in [2.45, 2.75) is 27.2 Å². The van der Waals surface area contributed by atoms with E-state index in [1.165, 1.54) is 10.9 Å². The summed E-state index contributed by atoms with van der Waals surface area (Å²) in [6.07, 6.45) is 11.2. The minimum atomic E-state index is -0.634. The molecule has 88 valence electrons. The van der Waals surface area contributed by atoms with Gasteiger partial charge in [-0.15, -0.1) is 0 Å². The van der Waals surface area contributed by atoms with E-state index in [1.807, 2.05) is 18.2 Å². The van der Waals surface area contributed by atoms with Crippen molar-refractivity contribution >= 4 is 13.3 Å². The third kappa shape index (κ3) is 6.48. The van der Waals surface area contributed by atoms with Crippen LogP contribution in [0.4, 0.5) is 0 Å². The van der Waals surface area contributed by atoms with Crippen molar-refractivity contribution in [3.8, 4) is 0 Å². The highest BCUT2D eigenvalue weighted by Crippen LogP contribution is 2.34. The van der Waals surface area contributed by atoms with Gasteiger partial charge in [0, 0.05) is 0 Å². The second kappa shape index (κ2) is 9.24. The van der Waals surface area contributed by atoms with Gasteiger partial charge in [-0.25, -0.2) is 0 Å². The zero-order valence-corrected chi connectivity index (χ0v) is 11.7. The Bertz CT molecular complexity index is 352. The Labute approximate surface area is 101 Å². The average molecular weight is 234 g/mol. The molecule has 16 heavy (non-hydrogen) atoms. The Kier molecular flexibility index (Phi) is 8.66. The lowest BCUT2D eigenvalue weighted by Gasteiger charge is -2.03. The molecule has 0 rings (SSSR count). The van der Waals surface area contributed by atoms with Gasteiger partial charge in [0.15, 0.2) is 0 Å². The third-order valence-corrected chi connectivity index (χ3v) is 4.69. The fraction of sp³-hybridized carbons (Fsp3) is 0.267. The molecule has 0 aromatic heterocycles. The van der Waals surface area contributed by atoms with Gasteiger partial charge in [0.2, 0.25) is 0 Å². The van der Waals surface area contributed by atoms with E-state index in [4.69, 9.17) is 0 Å². The second-order valence-corrected chi connectivity index (χ2v) is 6.07. The molecule has 0 N–H and O–H groups in total. The Morgan fingerprint density at radius 3 is 2.38 bits per heavy atom. The molecular formula is C15H23P. The van der Waals surface area contributed by atoms with Crippen LogP contribution in [0.25, 0.3) is 0 Å². The fourth-order valence-corrected chi connectivity index (χ4v) is 2.95. The predicted octanol–water partition coefficient (Wildman–Crippen LogP) is 5.15. The molecule has 0 aliphatic heterocycles. The Balaban J connectivity index is 4.94. The highest BCUT2D eigenvalue weighted by Gasteiger charge is 1.91. The summed E-state index contributed by atoms with van der Waals surface area (Å²) in [6.45, 7) is 13.9. The molecule has 0 saturated heterocycles. The minimum absolute atomic E-state index is 0.634. The standard InChI is InChI=1S/C15H23P/c1-6-9-13-16(12-7-2)15(5)11-10-14(4)8-3/h6,8-13,16H,1,3,7H2,2,4-5H3/b13-9-,14-10-,15-11+. The van der Waals surface area contributed by atoms with Crippen molar-refractivity contribution in [2.24, 2.45) is 0 Å². The molecule has 1 atom stereocenters. The van der Waals surface area contributed by atoms with Crippen LogP contribution in [0, 0.1) is 0 Å². The molecule has 0 aromatic rings. The first-order valence-electron chi connectivity index (χ1n) is 5.63. The lowest BCUT2D eigenvalue weighted by Crippen LogP contribution is -1.72. The Morgan fingerprint density at radius 1 is 1.19 bits per heavy atom. The van der Waals surface area contributed by atoms with Crippen LogP contribution in [0.5, 0.6) is 0 Å². The summed E-state index contributed by atoms with van der Waals surface area (Å²) in [5.41, 5.74) is 1.20. The maximum atomic E-state index is 3.75. The molecule has 0 amide bonds. The summed E-state index contributed by atoms with van der Waals surface area (Å²) in [7, 11) is -0.634. The summed E-state index contributed by atoms with van der Waals surface area (Å²) < 4.78 is 0. The third-order valence-electron chi connectivity index (χ3n) is 2.21. The van der Waals surface area contributed by atoms with Gasteiger partial charge >= 0.3 is 0 Å². The van der Waals surface area contributed by atoms with Crippen molar-refractivity contribution in [1.29, 1.82) is 0 Å². The lowest BCUT2D eigenvalue weighted by molar-refractivity contribution is 1.35. The summed E-state index contributed by atoms with van der Waals surface area (Å²) in [6, 6.07) is 0. The van der Waals surface area contributed by atoms with E-state index in [0.717, 1.165) is 6.42 Å². The summed E-state index contributed by atoms with van der Waals surface area (Å²) in [5.74, 6) is 4.66. The highest BCUT2D eigenvalue weighted by molar-refractivity contribution is 7.64. The first-order valence-corrected chi connectivity index (χ1v) is 7.28. The van der Waals surface area contributed by atoms with Crippen LogP contribution in [0.2, 0.25) is 0 Å². The molecule has 1 unspecified atom stereocenters. The van der Waals surface area contributed by atoms with Crippen LogP contribution in [-0.4, -0.2) is 5.80 Å². The molecule has 0 aliphatic rings. The lowest BCUT2D eigenvalue weighted by atomic mass is 10.3. The summed E-state index contributed by atoms with van der Waals surface area (Å²) in [5, 5.41) is 1.44. The molecule has 0 bridgehead atoms. The Hall–Kier alpha value is -1.00. The van der Waals surface area contributed by atoms with Gasteiger partial charge in [0.1, 0.15) is 0 Å². The summed E-state index contributed by atoms with van der Waals surface area (Å²) in [4.78, 5) is 0. The SMILES string of the molecule is C=C\C=C/[PH](=C\CC)C(/C)=C/C=C(/C)C=C. The molecule has 1 heteroatoms. The monoisotopic (exact) mass is 234 g/mol. The van der Waals surface area contributed by atoms with E-state index < -0.39 is 7.55 Å². The molecule has 0 aliphatic carbocycles. The number of hydrogen-bond acceptors (Lipinski definition) is 0. The number of allylic oxidation sites excluding steroid dienone is 7. The van der Waals surface area contributed by atoms with Crippen molar-refractivity contribution in [3.05, 3.63) is 60.2 Å². The average Bonchev–Trinajstić information content (AvgIpc) is 2.30. The first-order chi connectivity index (χ1) is 7.65. The van der Waals surface area contributed by atoms with Crippen molar-refractivity contribution < 1.29 is 0 Å². The van der Waals surface area contributed by atoms with E-state index >= 15 is 0 Å². The van der Waals surface area contributed by atoms with Gasteiger partial charge in [-0.1, -0.05) is 75.2 Å². The molecule has 0 aromatic carbocycles. The highest BCUT2D eigenvalue weighted by atomic mass is 31.1. The van der Waals surface area contributed by atoms with Crippen LogP contribution in [0.15, 0.2) is 60.2 Å². The van der Waals surface area contributed by atoms with E-state index in [9.17, 15) is 0 Å². The molecule has 0 radical (unpaired) electrons. The zero-order chi connectivity index (χ0) is 12.4. The Morgan fingerprint density at radius 2 is 1.88 bits per heavy atom. The maximum absolute atomic E-state index is 3.75. The van der Waals surface area contributed by atoms with Crippen molar-refractivity contribution in [2.75, 3.05) is 0 Å². The molecule has 0 heterocycles. The molecule has 0 fully saturated rings. The maximum Gasteiger partial charge on any atom is -0.0371 e. The van der Waals surface area contributed by atoms with Gasteiger partial charge in [-0.2, -0.15) is 0 Å². The van der Waals surface area contributed by atoms with E-state index in [2.05, 4.69) is 57.7 Å². The molecular weight excluding hydrogens is 211 g/mol. The quantitative estimate of drug-likeness (QED) is 0.440. The fourth-order valence-electron chi connectivity index (χ4n) is 1.17. The normalized spacial score (nSPS) is 15.4. The number of rotatable bonds is 6. The van der Waals surface area contributed by atoms with Gasteiger partial charge in [-0.05, 0) is 25.6 Å². The topological polar surface area (TPSA) is 0 Å². The zero-order valence-electron chi connectivity index (χ0n) is 10.7. The number of hydrogen-bond donors (Lipinski definition) is 0. The van der Waals surface area contributed by atoms with Crippen LogP contribution >= 0.6 is 7.55 Å². The first kappa shape index (κ1) is 15.0. The van der Waals surface area contributed by atoms with Crippen molar-refractivity contribution in [1.82, 2.24) is 0 Å². The van der Waals surface area contributed by atoms with E-state index in [1.54, 1.807) is 0 Å². The van der Waals surface area contributed by atoms with Crippen LogP contribution in [-0.2, 0) is 0 Å². The van der Waals surface area contributed by atoms with E-state index in [0.29, 0.717) is 0 Å². The largest absolute Gasteiger partial charge is 0.0991 e. The second-order valence-electron chi connectivity index (χ2n) is 3.63. The van der Waals surface area contributed by atoms with E-state index in [-0.39, 0.29) is 0 Å². The molecule has 0 nitrogen and oxygen atoms in total. The van der Waals surface area contributed by atoms with Gasteiger partial charge < -0.3 is 0 Å². The van der Waals surface area contributed by atoms with Crippen molar-refractivity contribution in [3.63, 3.8) is 0 Å². The molecule has 0 spiro atoms.